The Kier molecular flexibility index (Phi) is 6.31. The van der Waals surface area contributed by atoms with Crippen LogP contribution in [0.1, 0.15) is 19.3 Å². The molecular formula is C24H28N6O4. The monoisotopic (exact) mass is 464 g/mol. The van der Waals surface area contributed by atoms with Crippen molar-refractivity contribution in [2.45, 2.75) is 31.8 Å². The van der Waals surface area contributed by atoms with E-state index in [2.05, 4.69) is 20.6 Å². The molecule has 1 amide bonds. The van der Waals surface area contributed by atoms with E-state index in [9.17, 15) is 9.59 Å². The normalized spacial score (nSPS) is 17.4. The first-order valence-corrected chi connectivity index (χ1v) is 11.6. The van der Waals surface area contributed by atoms with E-state index in [-0.39, 0.29) is 17.5 Å². The van der Waals surface area contributed by atoms with Gasteiger partial charge in [-0.15, -0.1) is 0 Å². The summed E-state index contributed by atoms with van der Waals surface area (Å²) in [4.78, 5) is 35.5. The van der Waals surface area contributed by atoms with Crippen LogP contribution in [0, 0.1) is 0 Å². The summed E-state index contributed by atoms with van der Waals surface area (Å²) in [6.45, 7) is 3.26. The maximum atomic E-state index is 12.6. The first kappa shape index (κ1) is 22.1. The fourth-order valence-corrected chi connectivity index (χ4v) is 4.43. The molecule has 0 bridgehead atoms. The maximum absolute atomic E-state index is 12.6. The van der Waals surface area contributed by atoms with Crippen molar-refractivity contribution in [2.24, 2.45) is 0 Å². The van der Waals surface area contributed by atoms with Crippen LogP contribution < -0.4 is 30.6 Å². The third kappa shape index (κ3) is 4.54. The number of carbonyl (C=O) groups is 1. The lowest BCUT2D eigenvalue weighted by Crippen LogP contribution is -2.34. The van der Waals surface area contributed by atoms with E-state index in [0.717, 1.165) is 36.2 Å². The molecule has 0 spiro atoms. The maximum Gasteiger partial charge on any atom is 0.269 e. The number of hydrogen-bond donors (Lipinski definition) is 2. The number of benzene rings is 1. The highest BCUT2D eigenvalue weighted by Crippen LogP contribution is 2.29. The van der Waals surface area contributed by atoms with E-state index in [1.54, 1.807) is 16.6 Å². The van der Waals surface area contributed by atoms with E-state index in [1.165, 1.54) is 6.20 Å². The van der Waals surface area contributed by atoms with Crippen LogP contribution in [0.5, 0.6) is 11.5 Å². The Balaban J connectivity index is 1.14. The molecule has 2 aromatic heterocycles. The van der Waals surface area contributed by atoms with Crippen LogP contribution in [0.4, 0.5) is 11.6 Å². The second kappa shape index (κ2) is 9.68. The number of anilines is 2. The number of hydrogen-bond acceptors (Lipinski definition) is 8. The molecule has 2 aliphatic heterocycles. The minimum absolute atomic E-state index is 0.0606. The Morgan fingerprint density at radius 1 is 1.24 bits per heavy atom. The van der Waals surface area contributed by atoms with Gasteiger partial charge in [0.1, 0.15) is 18.2 Å². The van der Waals surface area contributed by atoms with Crippen LogP contribution in [-0.4, -0.2) is 59.8 Å². The zero-order valence-electron chi connectivity index (χ0n) is 19.1. The molecule has 1 aromatic carbocycles. The van der Waals surface area contributed by atoms with Gasteiger partial charge >= 0.3 is 0 Å². The minimum Gasteiger partial charge on any atom is -0.497 e. The summed E-state index contributed by atoms with van der Waals surface area (Å²) in [5.41, 5.74) is 1.41. The van der Waals surface area contributed by atoms with Crippen LogP contribution in [0.3, 0.4) is 0 Å². The van der Waals surface area contributed by atoms with Crippen LogP contribution in [0.15, 0.2) is 41.3 Å². The van der Waals surface area contributed by atoms with Crippen molar-refractivity contribution in [1.29, 1.82) is 0 Å². The van der Waals surface area contributed by atoms with Gasteiger partial charge < -0.3 is 24.7 Å². The molecule has 10 heteroatoms. The highest BCUT2D eigenvalue weighted by atomic mass is 16.5. The summed E-state index contributed by atoms with van der Waals surface area (Å²) in [7, 11) is 1.60. The number of methoxy groups -OCH3 is 1. The van der Waals surface area contributed by atoms with Crippen molar-refractivity contribution >= 4 is 28.6 Å². The van der Waals surface area contributed by atoms with Gasteiger partial charge in [-0.2, -0.15) is 0 Å². The number of unbranched alkanes of at least 4 members (excludes halogenated alkanes) is 1. The number of carbonyl (C=O) groups excluding carboxylic acids is 1. The quantitative estimate of drug-likeness (QED) is 0.486. The van der Waals surface area contributed by atoms with Gasteiger partial charge in [-0.3, -0.25) is 14.5 Å². The molecule has 34 heavy (non-hydrogen) atoms. The highest BCUT2D eigenvalue weighted by Gasteiger charge is 2.31. The molecule has 1 unspecified atom stereocenters. The molecule has 5 rings (SSSR count). The molecule has 0 radical (unpaired) electrons. The summed E-state index contributed by atoms with van der Waals surface area (Å²) >= 11 is 0. The Labute approximate surface area is 196 Å². The summed E-state index contributed by atoms with van der Waals surface area (Å²) in [5, 5.41) is 6.69. The second-order valence-electron chi connectivity index (χ2n) is 8.46. The lowest BCUT2D eigenvalue weighted by Gasteiger charge is -2.21. The predicted octanol–water partition coefficient (Wildman–Crippen LogP) is 1.78. The average molecular weight is 465 g/mol. The molecular weight excluding hydrogens is 436 g/mol. The van der Waals surface area contributed by atoms with Gasteiger partial charge in [-0.05, 0) is 43.7 Å². The van der Waals surface area contributed by atoms with Crippen molar-refractivity contribution in [1.82, 2.24) is 19.9 Å². The molecule has 2 N–H and O–H groups in total. The van der Waals surface area contributed by atoms with Gasteiger partial charge in [0.2, 0.25) is 5.91 Å². The van der Waals surface area contributed by atoms with E-state index < -0.39 is 0 Å². The molecule has 1 fully saturated rings. The summed E-state index contributed by atoms with van der Waals surface area (Å²) in [6, 6.07) is 9.30. The van der Waals surface area contributed by atoms with Crippen LogP contribution in [0.2, 0.25) is 0 Å². The van der Waals surface area contributed by atoms with E-state index in [0.29, 0.717) is 50.0 Å². The molecule has 178 valence electrons. The van der Waals surface area contributed by atoms with Crippen molar-refractivity contribution < 1.29 is 14.3 Å². The molecule has 2 aliphatic rings. The Hall–Kier alpha value is -3.66. The second-order valence-corrected chi connectivity index (χ2v) is 8.46. The van der Waals surface area contributed by atoms with Gasteiger partial charge in [-0.25, -0.2) is 9.97 Å². The molecule has 1 saturated heterocycles. The van der Waals surface area contributed by atoms with E-state index >= 15 is 0 Å². The zero-order valence-corrected chi connectivity index (χ0v) is 19.1. The number of rotatable bonds is 8. The largest absolute Gasteiger partial charge is 0.497 e. The predicted molar refractivity (Wildman–Crippen MR) is 129 cm³/mol. The first-order valence-electron chi connectivity index (χ1n) is 11.6. The number of pyridine rings is 1. The average Bonchev–Trinajstić information content (AvgIpc) is 3.24. The van der Waals surface area contributed by atoms with Crippen LogP contribution in [0.25, 0.3) is 11.0 Å². The standard InChI is InChI=1S/C24H28N6O4/c1-33-17-4-5-18-19(13-17)29(23(32)14-27-18)10-3-2-8-25-16-12-22(31)30(15-16)21-7-6-20-24(28-21)26-9-11-34-20/h4-7,13-14,16,25H,2-3,8-12,15H2,1H3,(H,26,28). The number of aryl methyl sites for hydroxylation is 1. The smallest absolute Gasteiger partial charge is 0.269 e. The van der Waals surface area contributed by atoms with Gasteiger partial charge in [0.15, 0.2) is 11.6 Å². The number of ether oxygens (including phenoxy) is 2. The molecule has 4 heterocycles. The van der Waals surface area contributed by atoms with Gasteiger partial charge in [0.05, 0.1) is 30.9 Å². The summed E-state index contributed by atoms with van der Waals surface area (Å²) < 4.78 is 12.6. The van der Waals surface area contributed by atoms with Gasteiger partial charge in [0.25, 0.3) is 5.56 Å². The Morgan fingerprint density at radius 2 is 2.15 bits per heavy atom. The number of nitrogens with one attached hydrogen (secondary N) is 2. The van der Waals surface area contributed by atoms with E-state index in [4.69, 9.17) is 9.47 Å². The fraction of sp³-hybridized carbons (Fsp3) is 0.417. The Bertz CT molecular complexity index is 1260. The van der Waals surface area contributed by atoms with Gasteiger partial charge in [-0.1, -0.05) is 0 Å². The number of amides is 1. The molecule has 10 nitrogen and oxygen atoms in total. The Morgan fingerprint density at radius 3 is 3.03 bits per heavy atom. The third-order valence-electron chi connectivity index (χ3n) is 6.19. The lowest BCUT2D eigenvalue weighted by molar-refractivity contribution is -0.117. The van der Waals surface area contributed by atoms with Crippen molar-refractivity contribution in [3.05, 3.63) is 46.9 Å². The number of fused-ring (bicyclic) bond motifs is 2. The molecule has 0 aliphatic carbocycles. The SMILES string of the molecule is COc1ccc2ncc(=O)n(CCCCNC3CC(=O)N(c4ccc5c(n4)NCCO5)C3)c2c1. The van der Waals surface area contributed by atoms with E-state index in [1.807, 2.05) is 30.3 Å². The summed E-state index contributed by atoms with van der Waals surface area (Å²) in [6.07, 6.45) is 3.51. The van der Waals surface area contributed by atoms with Crippen molar-refractivity contribution in [3.8, 4) is 11.5 Å². The van der Waals surface area contributed by atoms with Crippen LogP contribution >= 0.6 is 0 Å². The van der Waals surface area contributed by atoms with Crippen molar-refractivity contribution in [3.63, 3.8) is 0 Å². The van der Waals surface area contributed by atoms with Crippen molar-refractivity contribution in [2.75, 3.05) is 43.6 Å². The molecule has 1 atom stereocenters. The van der Waals surface area contributed by atoms with Crippen LogP contribution in [-0.2, 0) is 11.3 Å². The lowest BCUT2D eigenvalue weighted by atomic mass is 10.2. The third-order valence-corrected chi connectivity index (χ3v) is 6.19. The zero-order chi connectivity index (χ0) is 23.5. The number of aromatic nitrogens is 3. The number of nitrogens with zero attached hydrogens (tertiary/aromatic N) is 4. The highest BCUT2D eigenvalue weighted by molar-refractivity contribution is 5.95. The van der Waals surface area contributed by atoms with Gasteiger partial charge in [0, 0.05) is 31.6 Å². The summed E-state index contributed by atoms with van der Waals surface area (Å²) in [5.74, 6) is 2.80. The fourth-order valence-electron chi connectivity index (χ4n) is 4.43. The minimum atomic E-state index is -0.122. The molecule has 0 saturated carbocycles. The first-order chi connectivity index (χ1) is 16.6. The molecule has 3 aromatic rings. The topological polar surface area (TPSA) is 111 Å².